The van der Waals surface area contributed by atoms with Gasteiger partial charge in [0.25, 0.3) is 5.56 Å². The van der Waals surface area contributed by atoms with Crippen LogP contribution in [0, 0.1) is 19.7 Å². The van der Waals surface area contributed by atoms with E-state index in [2.05, 4.69) is 0 Å². The van der Waals surface area contributed by atoms with Gasteiger partial charge >= 0.3 is 0 Å². The lowest BCUT2D eigenvalue weighted by molar-refractivity contribution is 0.291. The first-order chi connectivity index (χ1) is 18.0. The number of para-hydroxylation sites is 1. The third-order valence-electron chi connectivity index (χ3n) is 6.27. The first kappa shape index (κ1) is 24.7. The summed E-state index contributed by atoms with van der Waals surface area (Å²) in [6.07, 6.45) is 0.635. The van der Waals surface area contributed by atoms with E-state index in [0.717, 1.165) is 21.6 Å². The van der Waals surface area contributed by atoms with Crippen LogP contribution in [0.1, 0.15) is 21.7 Å². The summed E-state index contributed by atoms with van der Waals surface area (Å²) in [4.78, 5) is 20.0. The summed E-state index contributed by atoms with van der Waals surface area (Å²) in [5, 5.41) is 1.98. The monoisotopic (exact) mass is 510 g/mol. The summed E-state index contributed by atoms with van der Waals surface area (Å²) in [6, 6.07) is 26.4. The molecule has 5 rings (SSSR count). The van der Waals surface area contributed by atoms with E-state index in [1.165, 1.54) is 6.07 Å². The molecule has 0 saturated carbocycles. The Hall–Kier alpha value is -4.03. The van der Waals surface area contributed by atoms with Gasteiger partial charge in [0, 0.05) is 11.4 Å². The van der Waals surface area contributed by atoms with Gasteiger partial charge < -0.3 is 4.74 Å². The van der Waals surface area contributed by atoms with Gasteiger partial charge in [0.1, 0.15) is 12.4 Å². The largest absolute Gasteiger partial charge is 0.485 e. The molecule has 0 amide bonds. The van der Waals surface area contributed by atoms with Crippen LogP contribution in [-0.2, 0) is 19.6 Å². The molecule has 0 fully saturated rings. The number of nitrogens with zero attached hydrogens (tertiary/aromatic N) is 2. The molecule has 0 aliphatic rings. The van der Waals surface area contributed by atoms with Crippen molar-refractivity contribution >= 4 is 11.3 Å². The van der Waals surface area contributed by atoms with Crippen LogP contribution in [0.3, 0.4) is 0 Å². The Kier molecular flexibility index (Phi) is 7.28. The molecule has 0 radical (unpaired) electrons. The second-order valence-corrected chi connectivity index (χ2v) is 10.0. The minimum Gasteiger partial charge on any atom is -0.485 e. The molecule has 2 aromatic heterocycles. The molecule has 186 valence electrons. The van der Waals surface area contributed by atoms with E-state index in [4.69, 9.17) is 9.72 Å². The number of aryl methyl sites for hydroxylation is 3. The zero-order valence-electron chi connectivity index (χ0n) is 20.8. The number of benzene rings is 3. The van der Waals surface area contributed by atoms with E-state index < -0.39 is 5.82 Å². The zero-order valence-corrected chi connectivity index (χ0v) is 21.6. The minimum atomic E-state index is -0.493. The third kappa shape index (κ3) is 5.39. The van der Waals surface area contributed by atoms with Gasteiger partial charge in [-0.2, -0.15) is 0 Å². The minimum absolute atomic E-state index is 0.0882. The second kappa shape index (κ2) is 10.9. The number of rotatable bonds is 8. The van der Waals surface area contributed by atoms with Gasteiger partial charge in [0.2, 0.25) is 0 Å². The lowest BCUT2D eigenvalue weighted by Crippen LogP contribution is -2.27. The van der Waals surface area contributed by atoms with Gasteiger partial charge in [-0.1, -0.05) is 66.7 Å². The van der Waals surface area contributed by atoms with Crippen LogP contribution in [0.4, 0.5) is 4.39 Å². The van der Waals surface area contributed by atoms with Crippen molar-refractivity contribution in [1.29, 1.82) is 0 Å². The molecule has 0 saturated heterocycles. The average molecular weight is 511 g/mol. The summed E-state index contributed by atoms with van der Waals surface area (Å²) in [5.41, 5.74) is 4.37. The van der Waals surface area contributed by atoms with Gasteiger partial charge in [-0.25, -0.2) is 9.37 Å². The SMILES string of the molecule is Cc1cc(-c2c(C)nc(-c3cccc(F)c3OCc3ccccc3)n(CCc3ccccc3)c2=O)cs1. The summed E-state index contributed by atoms with van der Waals surface area (Å²) in [6.45, 7) is 4.45. The zero-order chi connectivity index (χ0) is 25.8. The fraction of sp³-hybridized carbons (Fsp3) is 0.161. The first-order valence-corrected chi connectivity index (χ1v) is 13.1. The highest BCUT2D eigenvalue weighted by Gasteiger charge is 2.22. The summed E-state index contributed by atoms with van der Waals surface area (Å²) in [5.74, 6) is -0.00517. The Balaban J connectivity index is 1.63. The highest BCUT2D eigenvalue weighted by atomic mass is 32.1. The number of hydrogen-bond acceptors (Lipinski definition) is 4. The van der Waals surface area contributed by atoms with Crippen molar-refractivity contribution in [1.82, 2.24) is 9.55 Å². The maximum atomic E-state index is 15.1. The van der Waals surface area contributed by atoms with Crippen LogP contribution >= 0.6 is 11.3 Å². The van der Waals surface area contributed by atoms with E-state index in [1.807, 2.05) is 86.0 Å². The first-order valence-electron chi connectivity index (χ1n) is 12.2. The molecule has 0 aliphatic carbocycles. The van der Waals surface area contributed by atoms with E-state index >= 15 is 4.39 Å². The lowest BCUT2D eigenvalue weighted by atomic mass is 10.1. The molecule has 2 heterocycles. The van der Waals surface area contributed by atoms with Crippen molar-refractivity contribution in [3.8, 4) is 28.3 Å². The fourth-order valence-electron chi connectivity index (χ4n) is 4.43. The molecule has 0 N–H and O–H groups in total. The van der Waals surface area contributed by atoms with Crippen molar-refractivity contribution in [2.75, 3.05) is 0 Å². The topological polar surface area (TPSA) is 44.1 Å². The van der Waals surface area contributed by atoms with Crippen LogP contribution < -0.4 is 10.3 Å². The molecule has 6 heteroatoms. The molecule has 0 bridgehead atoms. The smallest absolute Gasteiger partial charge is 0.261 e. The predicted octanol–water partition coefficient (Wildman–Crippen LogP) is 7.22. The van der Waals surface area contributed by atoms with E-state index in [1.54, 1.807) is 28.0 Å². The molecule has 0 unspecified atom stereocenters. The van der Waals surface area contributed by atoms with Gasteiger partial charge in [-0.05, 0) is 60.5 Å². The Morgan fingerprint density at radius 1 is 0.919 bits per heavy atom. The highest BCUT2D eigenvalue weighted by Crippen LogP contribution is 2.33. The highest BCUT2D eigenvalue weighted by molar-refractivity contribution is 7.10. The van der Waals surface area contributed by atoms with Crippen molar-refractivity contribution in [3.63, 3.8) is 0 Å². The van der Waals surface area contributed by atoms with Crippen LogP contribution in [0.5, 0.6) is 5.75 Å². The predicted molar refractivity (Wildman–Crippen MR) is 148 cm³/mol. The third-order valence-corrected chi connectivity index (χ3v) is 7.13. The number of aromatic nitrogens is 2. The molecule has 5 aromatic rings. The Morgan fingerprint density at radius 3 is 2.30 bits per heavy atom. The van der Waals surface area contributed by atoms with Gasteiger partial charge in [0.05, 0.1) is 16.8 Å². The van der Waals surface area contributed by atoms with Gasteiger partial charge in [-0.3, -0.25) is 9.36 Å². The van der Waals surface area contributed by atoms with Crippen LogP contribution in [0.25, 0.3) is 22.5 Å². The maximum absolute atomic E-state index is 15.1. The normalized spacial score (nSPS) is 11.0. The molecule has 37 heavy (non-hydrogen) atoms. The molecule has 3 aromatic carbocycles. The average Bonchev–Trinajstić information content (AvgIpc) is 3.33. The Bertz CT molecular complexity index is 1580. The summed E-state index contributed by atoms with van der Waals surface area (Å²) >= 11 is 1.60. The molecule has 0 aliphatic heterocycles. The summed E-state index contributed by atoms with van der Waals surface area (Å²) in [7, 11) is 0. The molecular formula is C31H27FN2O2S. The fourth-order valence-corrected chi connectivity index (χ4v) is 5.12. The lowest BCUT2D eigenvalue weighted by Gasteiger charge is -2.18. The second-order valence-electron chi connectivity index (χ2n) is 8.93. The van der Waals surface area contributed by atoms with Gasteiger partial charge in [0.15, 0.2) is 11.6 Å². The number of hydrogen-bond donors (Lipinski definition) is 0. The molecule has 4 nitrogen and oxygen atoms in total. The molecular weight excluding hydrogens is 483 g/mol. The number of thiophene rings is 1. The van der Waals surface area contributed by atoms with Crippen LogP contribution in [0.15, 0.2) is 95.1 Å². The summed E-state index contributed by atoms with van der Waals surface area (Å²) < 4.78 is 22.8. The van der Waals surface area contributed by atoms with Crippen molar-refractivity contribution in [2.45, 2.75) is 33.4 Å². The maximum Gasteiger partial charge on any atom is 0.261 e. The van der Waals surface area contributed by atoms with Crippen molar-refractivity contribution in [3.05, 3.63) is 128 Å². The Labute approximate surface area is 219 Å². The van der Waals surface area contributed by atoms with Crippen LogP contribution in [-0.4, -0.2) is 9.55 Å². The van der Waals surface area contributed by atoms with Crippen LogP contribution in [0.2, 0.25) is 0 Å². The quantitative estimate of drug-likeness (QED) is 0.221. The Morgan fingerprint density at radius 2 is 1.62 bits per heavy atom. The molecule has 0 spiro atoms. The number of halogens is 1. The van der Waals surface area contributed by atoms with E-state index in [-0.39, 0.29) is 17.9 Å². The van der Waals surface area contributed by atoms with Gasteiger partial charge in [-0.15, -0.1) is 11.3 Å². The number of ether oxygens (including phenoxy) is 1. The van der Waals surface area contributed by atoms with E-state index in [9.17, 15) is 4.79 Å². The molecule has 0 atom stereocenters. The van der Waals surface area contributed by atoms with Crippen molar-refractivity contribution < 1.29 is 9.13 Å². The van der Waals surface area contributed by atoms with Crippen molar-refractivity contribution in [2.24, 2.45) is 0 Å². The standard InChI is InChI=1S/C31H27FN2O2S/c1-21-18-25(20-37-21)28-22(2)33-30(34(31(28)35)17-16-23-10-5-3-6-11-23)26-14-9-15-27(32)29(26)36-19-24-12-7-4-8-13-24/h3-15,18,20H,16-17,19H2,1-2H3. The van der Waals surface area contributed by atoms with E-state index in [0.29, 0.717) is 35.6 Å².